The Morgan fingerprint density at radius 3 is 2.84 bits per heavy atom. The quantitative estimate of drug-likeness (QED) is 0.129. The number of nitro groups is 1. The van der Waals surface area contributed by atoms with Crippen LogP contribution in [0.3, 0.4) is 0 Å². The Hall–Kier alpha value is -1.84. The SMILES string of the molecule is Nc1ccc(NCCNSNCC=O)c([N+](=O)[O-])c1. The smallest absolute Gasteiger partial charge is 0.294 e. The highest BCUT2D eigenvalue weighted by atomic mass is 32.2. The summed E-state index contributed by atoms with van der Waals surface area (Å²) >= 11 is 1.20. The summed E-state index contributed by atoms with van der Waals surface area (Å²) in [5.41, 5.74) is 6.23. The Labute approximate surface area is 114 Å². The zero-order valence-electron chi connectivity index (χ0n) is 10.1. The molecule has 0 bridgehead atoms. The predicted molar refractivity (Wildman–Crippen MR) is 75.7 cm³/mol. The topological polar surface area (TPSA) is 122 Å². The molecule has 0 unspecified atom stereocenters. The van der Waals surface area contributed by atoms with Crippen molar-refractivity contribution < 1.29 is 9.72 Å². The fourth-order valence-corrected chi connectivity index (χ4v) is 1.73. The lowest BCUT2D eigenvalue weighted by Gasteiger charge is -2.08. The average Bonchev–Trinajstić information content (AvgIpc) is 2.39. The molecule has 19 heavy (non-hydrogen) atoms. The molecule has 0 aliphatic carbocycles. The summed E-state index contributed by atoms with van der Waals surface area (Å²) in [6, 6.07) is 4.49. The van der Waals surface area contributed by atoms with E-state index in [1.165, 1.54) is 18.2 Å². The van der Waals surface area contributed by atoms with Gasteiger partial charge in [0.1, 0.15) is 12.0 Å². The number of anilines is 2. The Kier molecular flexibility index (Phi) is 6.64. The largest absolute Gasteiger partial charge is 0.399 e. The molecule has 5 N–H and O–H groups in total. The molecule has 1 aromatic rings. The molecule has 8 nitrogen and oxygen atoms in total. The first-order valence-corrected chi connectivity index (χ1v) is 6.29. The lowest BCUT2D eigenvalue weighted by Crippen LogP contribution is -2.21. The fourth-order valence-electron chi connectivity index (χ4n) is 1.28. The Morgan fingerprint density at radius 2 is 2.16 bits per heavy atom. The molecule has 1 aromatic carbocycles. The number of nitrogen functional groups attached to an aromatic ring is 1. The zero-order chi connectivity index (χ0) is 14.1. The number of nitrogens with zero attached hydrogens (tertiary/aromatic N) is 1. The van der Waals surface area contributed by atoms with E-state index in [1.54, 1.807) is 12.1 Å². The maximum atomic E-state index is 10.8. The van der Waals surface area contributed by atoms with Crippen molar-refractivity contribution in [2.45, 2.75) is 0 Å². The van der Waals surface area contributed by atoms with Gasteiger partial charge in [-0.1, -0.05) is 0 Å². The van der Waals surface area contributed by atoms with Gasteiger partial charge in [0, 0.05) is 37.0 Å². The van der Waals surface area contributed by atoms with Crippen LogP contribution in [0, 0.1) is 10.1 Å². The normalized spacial score (nSPS) is 10.1. The maximum absolute atomic E-state index is 10.8. The van der Waals surface area contributed by atoms with E-state index < -0.39 is 4.92 Å². The van der Waals surface area contributed by atoms with Gasteiger partial charge >= 0.3 is 0 Å². The van der Waals surface area contributed by atoms with Gasteiger partial charge < -0.3 is 15.8 Å². The van der Waals surface area contributed by atoms with Crippen molar-refractivity contribution in [2.75, 3.05) is 30.7 Å². The summed E-state index contributed by atoms with van der Waals surface area (Å²) in [6.07, 6.45) is 0.755. The van der Waals surface area contributed by atoms with Gasteiger partial charge in [0.25, 0.3) is 5.69 Å². The van der Waals surface area contributed by atoms with Gasteiger partial charge in [0.15, 0.2) is 0 Å². The summed E-state index contributed by atoms with van der Waals surface area (Å²) in [7, 11) is 0. The first kappa shape index (κ1) is 15.2. The third-order valence-electron chi connectivity index (χ3n) is 2.07. The highest BCUT2D eigenvalue weighted by molar-refractivity contribution is 7.95. The van der Waals surface area contributed by atoms with Crippen molar-refractivity contribution in [1.29, 1.82) is 0 Å². The molecule has 0 fully saturated rings. The number of hydrogen-bond donors (Lipinski definition) is 4. The van der Waals surface area contributed by atoms with E-state index in [-0.39, 0.29) is 12.2 Å². The number of aldehydes is 1. The number of nitro benzene ring substituents is 1. The highest BCUT2D eigenvalue weighted by Gasteiger charge is 2.13. The number of carbonyl (C=O) groups is 1. The molecule has 104 valence electrons. The molecule has 0 aliphatic heterocycles. The first-order chi connectivity index (χ1) is 9.15. The summed E-state index contributed by atoms with van der Waals surface area (Å²) in [5.74, 6) is 0. The number of hydrogen-bond acceptors (Lipinski definition) is 8. The second-order valence-electron chi connectivity index (χ2n) is 3.47. The van der Waals surface area contributed by atoms with Crippen LogP contribution in [-0.2, 0) is 4.79 Å². The van der Waals surface area contributed by atoms with Crippen LogP contribution in [0.25, 0.3) is 0 Å². The third kappa shape index (κ3) is 5.55. The minimum atomic E-state index is -0.480. The summed E-state index contributed by atoms with van der Waals surface area (Å²) in [4.78, 5) is 20.4. The number of rotatable bonds is 9. The van der Waals surface area contributed by atoms with E-state index in [4.69, 9.17) is 5.73 Å². The lowest BCUT2D eigenvalue weighted by molar-refractivity contribution is -0.383. The molecule has 1 rings (SSSR count). The third-order valence-corrected chi connectivity index (χ3v) is 2.73. The Morgan fingerprint density at radius 1 is 1.37 bits per heavy atom. The van der Waals surface area contributed by atoms with E-state index in [9.17, 15) is 14.9 Å². The molecule has 0 amide bonds. The molecule has 9 heteroatoms. The van der Waals surface area contributed by atoms with E-state index in [1.807, 2.05) is 0 Å². The number of benzene rings is 1. The molecule has 0 radical (unpaired) electrons. The van der Waals surface area contributed by atoms with Crippen LogP contribution in [0.4, 0.5) is 17.1 Å². The lowest BCUT2D eigenvalue weighted by atomic mass is 10.2. The van der Waals surface area contributed by atoms with Crippen LogP contribution in [-0.4, -0.2) is 30.8 Å². The fraction of sp³-hybridized carbons (Fsp3) is 0.300. The van der Waals surface area contributed by atoms with Gasteiger partial charge in [-0.05, 0) is 12.1 Å². The van der Waals surface area contributed by atoms with Crippen molar-refractivity contribution >= 4 is 35.5 Å². The molecule has 0 atom stereocenters. The molecule has 0 aliphatic rings. The molecule has 0 aromatic heterocycles. The van der Waals surface area contributed by atoms with E-state index in [0.717, 1.165) is 6.29 Å². The van der Waals surface area contributed by atoms with Crippen LogP contribution in [0.1, 0.15) is 0 Å². The van der Waals surface area contributed by atoms with Crippen LogP contribution >= 0.6 is 12.1 Å². The van der Waals surface area contributed by atoms with Crippen LogP contribution < -0.4 is 20.5 Å². The van der Waals surface area contributed by atoms with Gasteiger partial charge in [-0.25, -0.2) is 9.44 Å². The second-order valence-corrected chi connectivity index (χ2v) is 4.25. The highest BCUT2D eigenvalue weighted by Crippen LogP contribution is 2.26. The van der Waals surface area contributed by atoms with Crippen LogP contribution in [0.5, 0.6) is 0 Å². The summed E-state index contributed by atoms with van der Waals surface area (Å²) < 4.78 is 5.70. The van der Waals surface area contributed by atoms with E-state index in [2.05, 4.69) is 14.8 Å². The average molecular weight is 285 g/mol. The van der Waals surface area contributed by atoms with Gasteiger partial charge in [-0.3, -0.25) is 10.1 Å². The van der Waals surface area contributed by atoms with Crippen molar-refractivity contribution in [3.8, 4) is 0 Å². The van der Waals surface area contributed by atoms with E-state index >= 15 is 0 Å². The number of carbonyl (C=O) groups excluding carboxylic acids is 1. The number of nitrogens with two attached hydrogens (primary N) is 1. The van der Waals surface area contributed by atoms with Crippen LogP contribution in [0.2, 0.25) is 0 Å². The maximum Gasteiger partial charge on any atom is 0.294 e. The Bertz CT molecular complexity index is 443. The zero-order valence-corrected chi connectivity index (χ0v) is 10.9. The van der Waals surface area contributed by atoms with Crippen molar-refractivity contribution in [2.24, 2.45) is 0 Å². The standard InChI is InChI=1S/C10H15N5O3S/c11-8-1-2-9(10(7-8)15(17)18)12-3-4-13-19-14-5-6-16/h1-2,6-7,12-14H,3-5,11H2. The Balaban J connectivity index is 2.36. The molecule has 0 heterocycles. The van der Waals surface area contributed by atoms with Crippen LogP contribution in [0.15, 0.2) is 18.2 Å². The minimum Gasteiger partial charge on any atom is -0.399 e. The second kappa shape index (κ2) is 8.29. The molecule has 0 saturated heterocycles. The monoisotopic (exact) mass is 285 g/mol. The predicted octanol–water partition coefficient (Wildman–Crippen LogP) is 0.530. The van der Waals surface area contributed by atoms with Gasteiger partial charge in [0.2, 0.25) is 0 Å². The summed E-state index contributed by atoms with van der Waals surface area (Å²) in [5, 5.41) is 13.8. The van der Waals surface area contributed by atoms with Crippen molar-refractivity contribution in [3.63, 3.8) is 0 Å². The molecule has 0 spiro atoms. The minimum absolute atomic E-state index is 0.0493. The first-order valence-electron chi connectivity index (χ1n) is 5.48. The van der Waals surface area contributed by atoms with Crippen molar-refractivity contribution in [3.05, 3.63) is 28.3 Å². The van der Waals surface area contributed by atoms with Gasteiger partial charge in [-0.15, -0.1) is 0 Å². The molecular weight excluding hydrogens is 270 g/mol. The molecule has 0 saturated carbocycles. The van der Waals surface area contributed by atoms with Crippen molar-refractivity contribution in [1.82, 2.24) is 9.44 Å². The number of nitrogens with one attached hydrogen (secondary N) is 3. The van der Waals surface area contributed by atoms with E-state index in [0.29, 0.717) is 24.5 Å². The molecular formula is C10H15N5O3S. The summed E-state index contributed by atoms with van der Waals surface area (Å²) in [6.45, 7) is 1.33. The van der Waals surface area contributed by atoms with Gasteiger partial charge in [-0.2, -0.15) is 0 Å². The van der Waals surface area contributed by atoms with Gasteiger partial charge in [0.05, 0.1) is 11.5 Å².